The molecule has 0 aliphatic rings. The number of hydrogen-bond acceptors (Lipinski definition) is 3. The molecule has 0 bridgehead atoms. The number of nitrogens with one attached hydrogen (secondary N) is 2. The van der Waals surface area contributed by atoms with Crippen LogP contribution in [0.25, 0.3) is 0 Å². The van der Waals surface area contributed by atoms with Gasteiger partial charge in [0.15, 0.2) is 0 Å². The predicted molar refractivity (Wildman–Crippen MR) is 116 cm³/mol. The van der Waals surface area contributed by atoms with Crippen molar-refractivity contribution in [3.05, 3.63) is 95.0 Å². The summed E-state index contributed by atoms with van der Waals surface area (Å²) in [5.74, 6) is -0.215. The SMILES string of the molecule is CC[C@@H](NC(=O)c1ccc(NS(=O)(=O)c2ccc(Cl)cc2)cc1)c1ccccc1. The molecule has 0 aromatic heterocycles. The molecule has 29 heavy (non-hydrogen) atoms. The molecule has 0 aliphatic carbocycles. The van der Waals surface area contributed by atoms with Crippen molar-refractivity contribution in [1.82, 2.24) is 5.32 Å². The second-order valence-electron chi connectivity index (χ2n) is 6.48. The average molecular weight is 429 g/mol. The van der Waals surface area contributed by atoms with E-state index in [2.05, 4.69) is 10.0 Å². The second-order valence-corrected chi connectivity index (χ2v) is 8.60. The molecule has 3 aromatic carbocycles. The first-order chi connectivity index (χ1) is 13.9. The highest BCUT2D eigenvalue weighted by molar-refractivity contribution is 7.92. The number of carbonyl (C=O) groups is 1. The number of halogens is 1. The van der Waals surface area contributed by atoms with E-state index in [0.717, 1.165) is 12.0 Å². The summed E-state index contributed by atoms with van der Waals surface area (Å²) >= 11 is 5.80. The van der Waals surface area contributed by atoms with Crippen LogP contribution in [0.4, 0.5) is 5.69 Å². The molecule has 0 fully saturated rings. The maximum atomic E-state index is 12.6. The third kappa shape index (κ3) is 5.37. The fourth-order valence-corrected chi connectivity index (χ4v) is 4.05. The molecule has 0 unspecified atom stereocenters. The van der Waals surface area contributed by atoms with Crippen molar-refractivity contribution in [2.24, 2.45) is 0 Å². The van der Waals surface area contributed by atoms with Crippen LogP contribution >= 0.6 is 11.6 Å². The molecule has 3 aromatic rings. The van der Waals surface area contributed by atoms with Crippen molar-refractivity contribution >= 4 is 33.2 Å². The molecule has 1 atom stereocenters. The number of rotatable bonds is 7. The molecule has 0 saturated carbocycles. The molecule has 0 aliphatic heterocycles. The first-order valence-electron chi connectivity index (χ1n) is 9.13. The van der Waals surface area contributed by atoms with Gasteiger partial charge in [-0.3, -0.25) is 9.52 Å². The average Bonchev–Trinajstić information content (AvgIpc) is 2.73. The monoisotopic (exact) mass is 428 g/mol. The number of carbonyl (C=O) groups excluding carboxylic acids is 1. The highest BCUT2D eigenvalue weighted by Gasteiger charge is 2.16. The summed E-state index contributed by atoms with van der Waals surface area (Å²) < 4.78 is 27.4. The van der Waals surface area contributed by atoms with Gasteiger partial charge in [-0.25, -0.2) is 8.42 Å². The lowest BCUT2D eigenvalue weighted by molar-refractivity contribution is 0.0935. The molecule has 0 heterocycles. The maximum Gasteiger partial charge on any atom is 0.261 e. The summed E-state index contributed by atoms with van der Waals surface area (Å²) in [5, 5.41) is 3.47. The first-order valence-corrected chi connectivity index (χ1v) is 11.0. The van der Waals surface area contributed by atoms with Gasteiger partial charge >= 0.3 is 0 Å². The van der Waals surface area contributed by atoms with Crippen molar-refractivity contribution in [3.63, 3.8) is 0 Å². The van der Waals surface area contributed by atoms with Gasteiger partial charge in [0.2, 0.25) is 0 Å². The van der Waals surface area contributed by atoms with Gasteiger partial charge in [0.25, 0.3) is 15.9 Å². The third-order valence-electron chi connectivity index (χ3n) is 4.44. The lowest BCUT2D eigenvalue weighted by Gasteiger charge is -2.17. The Morgan fingerprint density at radius 2 is 1.55 bits per heavy atom. The molecular formula is C22H21ClN2O3S. The highest BCUT2D eigenvalue weighted by Crippen LogP contribution is 2.20. The van der Waals surface area contributed by atoms with Gasteiger partial charge in [0, 0.05) is 16.3 Å². The molecule has 2 N–H and O–H groups in total. The summed E-state index contributed by atoms with van der Waals surface area (Å²) in [6, 6.07) is 21.9. The Morgan fingerprint density at radius 1 is 0.931 bits per heavy atom. The topological polar surface area (TPSA) is 75.3 Å². The van der Waals surface area contributed by atoms with Crippen LogP contribution in [0.15, 0.2) is 83.8 Å². The maximum absolute atomic E-state index is 12.6. The van der Waals surface area contributed by atoms with Gasteiger partial charge in [-0.15, -0.1) is 0 Å². The quantitative estimate of drug-likeness (QED) is 0.554. The van der Waals surface area contributed by atoms with Crippen LogP contribution < -0.4 is 10.0 Å². The Balaban J connectivity index is 1.69. The molecular weight excluding hydrogens is 408 g/mol. The van der Waals surface area contributed by atoms with Gasteiger partial charge in [-0.1, -0.05) is 48.9 Å². The van der Waals surface area contributed by atoms with Crippen LogP contribution in [0.5, 0.6) is 0 Å². The van der Waals surface area contributed by atoms with Crippen LogP contribution in [0.2, 0.25) is 5.02 Å². The molecule has 7 heteroatoms. The van der Waals surface area contributed by atoms with Crippen molar-refractivity contribution in [3.8, 4) is 0 Å². The number of hydrogen-bond donors (Lipinski definition) is 2. The lowest BCUT2D eigenvalue weighted by atomic mass is 10.0. The minimum absolute atomic E-state index is 0.0909. The third-order valence-corrected chi connectivity index (χ3v) is 6.09. The van der Waals surface area contributed by atoms with Gasteiger partial charge in [-0.2, -0.15) is 0 Å². The van der Waals surface area contributed by atoms with Crippen molar-refractivity contribution in [1.29, 1.82) is 0 Å². The normalized spacial score (nSPS) is 12.2. The molecule has 0 saturated heterocycles. The summed E-state index contributed by atoms with van der Waals surface area (Å²) in [6.07, 6.45) is 0.759. The van der Waals surface area contributed by atoms with E-state index in [1.165, 1.54) is 24.3 Å². The fourth-order valence-electron chi connectivity index (χ4n) is 2.87. The number of anilines is 1. The van der Waals surface area contributed by atoms with E-state index in [1.54, 1.807) is 24.3 Å². The smallest absolute Gasteiger partial charge is 0.261 e. The molecule has 1 amide bonds. The minimum Gasteiger partial charge on any atom is -0.345 e. The van der Waals surface area contributed by atoms with Gasteiger partial charge in [-0.05, 0) is 60.5 Å². The summed E-state index contributed by atoms with van der Waals surface area (Å²) in [7, 11) is -3.73. The highest BCUT2D eigenvalue weighted by atomic mass is 35.5. The molecule has 3 rings (SSSR count). The van der Waals surface area contributed by atoms with Gasteiger partial charge < -0.3 is 5.32 Å². The molecule has 0 radical (unpaired) electrons. The Labute approximate surface area is 175 Å². The van der Waals surface area contributed by atoms with E-state index < -0.39 is 10.0 Å². The van der Waals surface area contributed by atoms with Crippen molar-refractivity contribution < 1.29 is 13.2 Å². The summed E-state index contributed by atoms with van der Waals surface area (Å²) in [5.41, 5.74) is 1.86. The van der Waals surface area contributed by atoms with Gasteiger partial charge in [0.05, 0.1) is 10.9 Å². The first kappa shape index (κ1) is 20.9. The zero-order valence-electron chi connectivity index (χ0n) is 15.8. The number of benzene rings is 3. The zero-order chi connectivity index (χ0) is 20.9. The van der Waals surface area contributed by atoms with Crippen molar-refractivity contribution in [2.45, 2.75) is 24.3 Å². The van der Waals surface area contributed by atoms with Crippen molar-refractivity contribution in [2.75, 3.05) is 4.72 Å². The number of amides is 1. The zero-order valence-corrected chi connectivity index (χ0v) is 17.4. The van der Waals surface area contributed by atoms with E-state index in [-0.39, 0.29) is 16.8 Å². The molecule has 0 spiro atoms. The van der Waals surface area contributed by atoms with E-state index in [4.69, 9.17) is 11.6 Å². The molecule has 5 nitrogen and oxygen atoms in total. The number of sulfonamides is 1. The van der Waals surface area contributed by atoms with E-state index >= 15 is 0 Å². The van der Waals surface area contributed by atoms with Crippen LogP contribution in [0, 0.1) is 0 Å². The Hall–Kier alpha value is -2.83. The second kappa shape index (κ2) is 9.11. The Morgan fingerprint density at radius 3 is 2.14 bits per heavy atom. The molecule has 150 valence electrons. The van der Waals surface area contributed by atoms with Crippen LogP contribution in [-0.4, -0.2) is 14.3 Å². The van der Waals surface area contributed by atoms with Crippen LogP contribution in [-0.2, 0) is 10.0 Å². The standard InChI is InChI=1S/C22H21ClN2O3S/c1-2-21(16-6-4-3-5-7-16)24-22(26)17-8-12-19(13-9-17)25-29(27,28)20-14-10-18(23)11-15-20/h3-15,21,25H,2H2,1H3,(H,24,26)/t21-/m1/s1. The van der Waals surface area contributed by atoms with Gasteiger partial charge in [0.1, 0.15) is 0 Å². The van der Waals surface area contributed by atoms with E-state index in [1.807, 2.05) is 37.3 Å². The Bertz CT molecular complexity index is 1070. The lowest BCUT2D eigenvalue weighted by Crippen LogP contribution is -2.28. The largest absolute Gasteiger partial charge is 0.345 e. The fraction of sp³-hybridized carbons (Fsp3) is 0.136. The van der Waals surface area contributed by atoms with E-state index in [0.29, 0.717) is 16.3 Å². The predicted octanol–water partition coefficient (Wildman–Crippen LogP) is 5.02. The summed E-state index contributed by atoms with van der Waals surface area (Å²) in [6.45, 7) is 2.01. The van der Waals surface area contributed by atoms with Crippen LogP contribution in [0.3, 0.4) is 0 Å². The Kier molecular flexibility index (Phi) is 6.56. The van der Waals surface area contributed by atoms with Crippen LogP contribution in [0.1, 0.15) is 35.3 Å². The van der Waals surface area contributed by atoms with E-state index in [9.17, 15) is 13.2 Å². The summed E-state index contributed by atoms with van der Waals surface area (Å²) in [4.78, 5) is 12.7. The minimum atomic E-state index is -3.73.